The second kappa shape index (κ2) is 4.99. The Morgan fingerprint density at radius 2 is 2.44 bits per heavy atom. The van der Waals surface area contributed by atoms with Gasteiger partial charge in [0.25, 0.3) is 5.56 Å². The number of oxime groups is 1. The molecular weight excluding hydrogens is 238 g/mol. The van der Waals surface area contributed by atoms with E-state index in [1.807, 2.05) is 0 Å². The van der Waals surface area contributed by atoms with Gasteiger partial charge in [0.05, 0.1) is 6.61 Å². The monoisotopic (exact) mass is 251 g/mol. The van der Waals surface area contributed by atoms with Crippen LogP contribution in [0.1, 0.15) is 35.9 Å². The number of aromatic nitrogens is 2. The van der Waals surface area contributed by atoms with Gasteiger partial charge in [-0.05, 0) is 19.8 Å². The lowest BCUT2D eigenvalue weighted by Gasteiger charge is -2.18. The summed E-state index contributed by atoms with van der Waals surface area (Å²) >= 11 is 0. The molecule has 1 N–H and O–H groups in total. The van der Waals surface area contributed by atoms with Crippen LogP contribution in [0.5, 0.6) is 0 Å². The molecule has 0 aliphatic carbocycles. The van der Waals surface area contributed by atoms with E-state index >= 15 is 0 Å². The van der Waals surface area contributed by atoms with Crippen molar-refractivity contribution in [3.63, 3.8) is 0 Å². The predicted molar refractivity (Wildman–Crippen MR) is 62.0 cm³/mol. The van der Waals surface area contributed by atoms with Crippen molar-refractivity contribution in [2.75, 3.05) is 6.61 Å². The van der Waals surface area contributed by atoms with Crippen LogP contribution in [-0.4, -0.2) is 33.0 Å². The number of fused-ring (bicyclic) bond motifs is 1. The van der Waals surface area contributed by atoms with Crippen LogP contribution in [0.15, 0.2) is 16.1 Å². The minimum atomic E-state index is -0.682. The summed E-state index contributed by atoms with van der Waals surface area (Å²) in [6.07, 6.45) is 2.39. The Bertz CT molecular complexity index is 562. The number of ether oxygens (including phenoxy) is 1. The molecule has 1 aromatic heterocycles. The van der Waals surface area contributed by atoms with Crippen LogP contribution < -0.4 is 5.56 Å². The Balaban J connectivity index is 2.51. The molecule has 1 aliphatic heterocycles. The highest BCUT2D eigenvalue weighted by Crippen LogP contribution is 2.11. The SMILES string of the molecule is CCOC(=O)c1cnc2n(c1=O)CCC/C2=N/O. The summed E-state index contributed by atoms with van der Waals surface area (Å²) in [7, 11) is 0. The van der Waals surface area contributed by atoms with Crippen LogP contribution in [0.2, 0.25) is 0 Å². The Morgan fingerprint density at radius 3 is 3.11 bits per heavy atom. The maximum atomic E-state index is 12.1. The third-order valence-electron chi connectivity index (χ3n) is 2.72. The van der Waals surface area contributed by atoms with Crippen LogP contribution in [0.4, 0.5) is 0 Å². The summed E-state index contributed by atoms with van der Waals surface area (Å²) in [6.45, 7) is 2.31. The maximum Gasteiger partial charge on any atom is 0.345 e. The minimum absolute atomic E-state index is 0.0974. The van der Waals surface area contributed by atoms with E-state index in [-0.39, 0.29) is 12.2 Å². The van der Waals surface area contributed by atoms with Crippen molar-refractivity contribution in [3.8, 4) is 0 Å². The first kappa shape index (κ1) is 12.3. The van der Waals surface area contributed by atoms with Crippen molar-refractivity contribution in [2.45, 2.75) is 26.3 Å². The lowest BCUT2D eigenvalue weighted by molar-refractivity contribution is 0.0522. The fraction of sp³-hybridized carbons (Fsp3) is 0.455. The van der Waals surface area contributed by atoms with Gasteiger partial charge in [-0.1, -0.05) is 5.16 Å². The van der Waals surface area contributed by atoms with Crippen molar-refractivity contribution < 1.29 is 14.7 Å². The third kappa shape index (κ3) is 1.99. The molecule has 0 unspecified atom stereocenters. The molecule has 1 aliphatic rings. The Hall–Kier alpha value is -2.18. The van der Waals surface area contributed by atoms with Gasteiger partial charge < -0.3 is 9.94 Å². The van der Waals surface area contributed by atoms with Crippen molar-refractivity contribution in [3.05, 3.63) is 27.9 Å². The first-order valence-electron chi connectivity index (χ1n) is 5.67. The smallest absolute Gasteiger partial charge is 0.345 e. The summed E-state index contributed by atoms with van der Waals surface area (Å²) in [5.74, 6) is -0.375. The van der Waals surface area contributed by atoms with E-state index < -0.39 is 11.5 Å². The molecule has 2 rings (SSSR count). The second-order valence-electron chi connectivity index (χ2n) is 3.82. The van der Waals surface area contributed by atoms with E-state index in [1.54, 1.807) is 6.92 Å². The molecule has 0 atom stereocenters. The topological polar surface area (TPSA) is 93.8 Å². The summed E-state index contributed by atoms with van der Waals surface area (Å²) in [6, 6.07) is 0. The zero-order valence-electron chi connectivity index (χ0n) is 9.92. The third-order valence-corrected chi connectivity index (χ3v) is 2.72. The number of rotatable bonds is 2. The summed E-state index contributed by atoms with van der Waals surface area (Å²) in [5.41, 5.74) is -0.201. The number of esters is 1. The zero-order chi connectivity index (χ0) is 13.1. The van der Waals surface area contributed by atoms with Gasteiger partial charge in [0.15, 0.2) is 5.82 Å². The summed E-state index contributed by atoms with van der Waals surface area (Å²) < 4.78 is 6.12. The van der Waals surface area contributed by atoms with Crippen LogP contribution in [0.3, 0.4) is 0 Å². The van der Waals surface area contributed by atoms with Gasteiger partial charge in [-0.15, -0.1) is 0 Å². The van der Waals surface area contributed by atoms with Crippen LogP contribution >= 0.6 is 0 Å². The molecule has 7 heteroatoms. The standard InChI is InChI=1S/C11H13N3O4/c1-2-18-11(16)7-6-12-9-8(13-17)4-3-5-14(9)10(7)15/h6,17H,2-5H2,1H3/b13-8-. The molecule has 0 saturated carbocycles. The lowest BCUT2D eigenvalue weighted by Crippen LogP contribution is -2.35. The van der Waals surface area contributed by atoms with Gasteiger partial charge in [0.2, 0.25) is 0 Å². The molecule has 0 radical (unpaired) electrons. The predicted octanol–water partition coefficient (Wildman–Crippen LogP) is 0.392. The number of nitrogens with zero attached hydrogens (tertiary/aromatic N) is 3. The molecule has 0 bridgehead atoms. The summed E-state index contributed by atoms with van der Waals surface area (Å²) in [5, 5.41) is 12.0. The fourth-order valence-electron chi connectivity index (χ4n) is 1.89. The first-order chi connectivity index (χ1) is 8.69. The number of carbonyl (C=O) groups is 1. The van der Waals surface area contributed by atoms with Gasteiger partial charge in [-0.3, -0.25) is 9.36 Å². The number of hydrogen-bond acceptors (Lipinski definition) is 6. The average Bonchev–Trinajstić information content (AvgIpc) is 2.39. The van der Waals surface area contributed by atoms with Crippen LogP contribution in [0, 0.1) is 0 Å². The van der Waals surface area contributed by atoms with Crippen LogP contribution in [-0.2, 0) is 11.3 Å². The van der Waals surface area contributed by atoms with E-state index in [1.165, 1.54) is 10.8 Å². The normalized spacial score (nSPS) is 16.4. The zero-order valence-corrected chi connectivity index (χ0v) is 9.92. The molecule has 0 amide bonds. The molecule has 0 saturated heterocycles. The Morgan fingerprint density at radius 1 is 1.67 bits per heavy atom. The largest absolute Gasteiger partial charge is 0.462 e. The van der Waals surface area contributed by atoms with E-state index in [9.17, 15) is 9.59 Å². The molecule has 0 aromatic carbocycles. The van der Waals surface area contributed by atoms with Gasteiger partial charge in [0, 0.05) is 12.7 Å². The first-order valence-corrected chi connectivity index (χ1v) is 5.67. The quantitative estimate of drug-likeness (QED) is 0.466. The van der Waals surface area contributed by atoms with Gasteiger partial charge in [-0.2, -0.15) is 0 Å². The number of carbonyl (C=O) groups excluding carboxylic acids is 1. The molecule has 96 valence electrons. The molecule has 7 nitrogen and oxygen atoms in total. The molecule has 0 spiro atoms. The van der Waals surface area contributed by atoms with Gasteiger partial charge in [-0.25, -0.2) is 9.78 Å². The van der Waals surface area contributed by atoms with E-state index in [0.29, 0.717) is 30.9 Å². The van der Waals surface area contributed by atoms with Gasteiger partial charge >= 0.3 is 5.97 Å². The fourth-order valence-corrected chi connectivity index (χ4v) is 1.89. The van der Waals surface area contributed by atoms with E-state index in [4.69, 9.17) is 9.94 Å². The second-order valence-corrected chi connectivity index (χ2v) is 3.82. The van der Waals surface area contributed by atoms with Crippen molar-refractivity contribution in [1.29, 1.82) is 0 Å². The highest BCUT2D eigenvalue weighted by Gasteiger charge is 2.22. The summed E-state index contributed by atoms with van der Waals surface area (Å²) in [4.78, 5) is 27.6. The van der Waals surface area contributed by atoms with Crippen molar-refractivity contribution in [2.24, 2.45) is 5.16 Å². The Kier molecular flexibility index (Phi) is 3.40. The maximum absolute atomic E-state index is 12.1. The minimum Gasteiger partial charge on any atom is -0.462 e. The average molecular weight is 251 g/mol. The lowest BCUT2D eigenvalue weighted by atomic mass is 10.1. The highest BCUT2D eigenvalue weighted by molar-refractivity contribution is 5.98. The molecule has 18 heavy (non-hydrogen) atoms. The molecular formula is C11H13N3O4. The van der Waals surface area contributed by atoms with E-state index in [2.05, 4.69) is 10.1 Å². The molecule has 0 fully saturated rings. The molecule has 2 heterocycles. The van der Waals surface area contributed by atoms with Gasteiger partial charge in [0.1, 0.15) is 11.3 Å². The highest BCUT2D eigenvalue weighted by atomic mass is 16.5. The van der Waals surface area contributed by atoms with Crippen LogP contribution in [0.25, 0.3) is 0 Å². The van der Waals surface area contributed by atoms with E-state index in [0.717, 1.165) is 0 Å². The number of hydrogen-bond donors (Lipinski definition) is 1. The van der Waals surface area contributed by atoms with Crippen molar-refractivity contribution >= 4 is 11.7 Å². The Labute approximate surface area is 103 Å². The van der Waals surface area contributed by atoms with Crippen molar-refractivity contribution in [1.82, 2.24) is 9.55 Å². The molecule has 1 aromatic rings.